The predicted octanol–water partition coefficient (Wildman–Crippen LogP) is 10.2. The second-order valence-electron chi connectivity index (χ2n) is 8.95. The average molecular weight is 543 g/mol. The van der Waals surface area contributed by atoms with E-state index in [-0.39, 0.29) is 21.8 Å². The molecule has 4 aromatic rings. The van der Waals surface area contributed by atoms with Crippen molar-refractivity contribution >= 4 is 45.3 Å². The minimum atomic E-state index is -0.0601. The van der Waals surface area contributed by atoms with Crippen LogP contribution >= 0.6 is 23.5 Å². The summed E-state index contributed by atoms with van der Waals surface area (Å²) < 4.78 is 0. The Morgan fingerprint density at radius 3 is 1.03 bits per heavy atom. The summed E-state index contributed by atoms with van der Waals surface area (Å²) in [6.45, 7) is 4.70. The maximum absolute atomic E-state index is 2.39. The van der Waals surface area contributed by atoms with E-state index in [1.54, 1.807) is 9.81 Å². The van der Waals surface area contributed by atoms with E-state index in [0.717, 1.165) is 12.8 Å². The number of benzene rings is 4. The Morgan fingerprint density at radius 2 is 0.750 bits per heavy atom. The van der Waals surface area contributed by atoms with Crippen molar-refractivity contribution in [2.45, 2.75) is 78.7 Å². The van der Waals surface area contributed by atoms with Crippen molar-refractivity contribution in [1.82, 2.24) is 0 Å². The quantitative estimate of drug-likeness (QED) is 0.222. The first kappa shape index (κ1) is 24.4. The predicted molar refractivity (Wildman–Crippen MR) is 159 cm³/mol. The van der Waals surface area contributed by atoms with Gasteiger partial charge in [-0.3, -0.25) is 0 Å². The van der Waals surface area contributed by atoms with Crippen molar-refractivity contribution in [2.75, 3.05) is 0 Å². The fraction of sp³-hybridized carbons (Fsp3) is 0.188. The van der Waals surface area contributed by atoms with E-state index in [4.69, 9.17) is 0 Å². The molecule has 0 N–H and O–H groups in total. The zero-order valence-electron chi connectivity index (χ0n) is 20.7. The fourth-order valence-electron chi connectivity index (χ4n) is 4.98. The van der Waals surface area contributed by atoms with Crippen LogP contribution in [-0.4, -0.2) is 0 Å². The molecule has 0 spiro atoms. The van der Waals surface area contributed by atoms with Gasteiger partial charge in [-0.25, -0.2) is 0 Å². The molecule has 36 heavy (non-hydrogen) atoms. The summed E-state index contributed by atoms with van der Waals surface area (Å²) in [5.74, 6) is 0. The number of hydrogen-bond donors (Lipinski definition) is 0. The van der Waals surface area contributed by atoms with Crippen molar-refractivity contribution in [2.24, 2.45) is 0 Å². The molecule has 0 atom stereocenters. The van der Waals surface area contributed by atoms with Crippen LogP contribution in [0.4, 0.5) is 0 Å². The van der Waals surface area contributed by atoms with Gasteiger partial charge in [-0.15, -0.1) is 0 Å². The molecule has 6 rings (SSSR count). The Kier molecular flexibility index (Phi) is 7.30. The lowest BCUT2D eigenvalue weighted by atomic mass is 10.2. The molecule has 4 aromatic carbocycles. The molecule has 0 bridgehead atoms. The van der Waals surface area contributed by atoms with E-state index in [1.807, 2.05) is 23.5 Å². The van der Waals surface area contributed by atoms with Gasteiger partial charge in [0.1, 0.15) is 21.8 Å². The van der Waals surface area contributed by atoms with Gasteiger partial charge in [-0.05, 0) is 61.4 Å². The Balaban J connectivity index is 1.65. The minimum absolute atomic E-state index is 0.0601. The Bertz CT molecular complexity index is 1240. The highest BCUT2D eigenvalue weighted by atomic mass is 32.2. The molecule has 4 heteroatoms. The van der Waals surface area contributed by atoms with Gasteiger partial charge in [0.25, 0.3) is 0 Å². The number of rotatable bonds is 6. The van der Waals surface area contributed by atoms with E-state index < -0.39 is 0 Å². The van der Waals surface area contributed by atoms with Gasteiger partial charge in [0.2, 0.25) is 0 Å². The first-order chi connectivity index (χ1) is 17.8. The lowest BCUT2D eigenvalue weighted by molar-refractivity contribution is 0.894. The smallest absolute Gasteiger partial charge is 0.0795 e. The lowest BCUT2D eigenvalue weighted by Gasteiger charge is -2.24. The summed E-state index contributed by atoms with van der Waals surface area (Å²) in [5.41, 5.74) is 0. The number of fused-ring (bicyclic) bond motifs is 4. The molecule has 0 unspecified atom stereocenters. The van der Waals surface area contributed by atoms with Crippen LogP contribution in [0.5, 0.6) is 0 Å². The van der Waals surface area contributed by atoms with Crippen LogP contribution in [0.15, 0.2) is 146 Å². The second kappa shape index (κ2) is 10.8. The van der Waals surface area contributed by atoms with Gasteiger partial charge in [0.05, 0.1) is 19.6 Å². The summed E-state index contributed by atoms with van der Waals surface area (Å²) in [6.07, 6.45) is 4.62. The average Bonchev–Trinajstić information content (AvgIpc) is 2.92. The van der Waals surface area contributed by atoms with Crippen molar-refractivity contribution in [3.63, 3.8) is 0 Å². The summed E-state index contributed by atoms with van der Waals surface area (Å²) >= 11 is 3.89. The highest BCUT2D eigenvalue weighted by Crippen LogP contribution is 2.54. The first-order valence-electron chi connectivity index (χ1n) is 12.7. The molecule has 0 aromatic heterocycles. The fourth-order valence-corrected chi connectivity index (χ4v) is 13.7. The molecule has 2 heterocycles. The second-order valence-corrected chi connectivity index (χ2v) is 15.1. The van der Waals surface area contributed by atoms with Crippen LogP contribution < -0.4 is 0 Å². The van der Waals surface area contributed by atoms with Crippen molar-refractivity contribution < 1.29 is 0 Å². The molecule has 2 aliphatic rings. The third-order valence-corrected chi connectivity index (χ3v) is 14.5. The topological polar surface area (TPSA) is 0 Å². The third-order valence-electron chi connectivity index (χ3n) is 6.47. The molecule has 2 aliphatic heterocycles. The monoisotopic (exact) mass is 542 g/mol. The molecule has 0 saturated carbocycles. The zero-order valence-corrected chi connectivity index (χ0v) is 24.0. The third kappa shape index (κ3) is 4.36. The number of hydrogen-bond acceptors (Lipinski definition) is 2. The van der Waals surface area contributed by atoms with Gasteiger partial charge in [0.15, 0.2) is 29.4 Å². The van der Waals surface area contributed by atoms with Gasteiger partial charge in [-0.2, -0.15) is 0 Å². The first-order valence-corrected chi connectivity index (χ1v) is 16.8. The van der Waals surface area contributed by atoms with Gasteiger partial charge in [0, 0.05) is 12.8 Å². The molecule has 0 aliphatic carbocycles. The van der Waals surface area contributed by atoms with Crippen LogP contribution in [0.2, 0.25) is 0 Å². The van der Waals surface area contributed by atoms with E-state index in [1.165, 1.54) is 52.0 Å². The van der Waals surface area contributed by atoms with Crippen LogP contribution in [0.1, 0.15) is 39.5 Å². The molecule has 0 fully saturated rings. The van der Waals surface area contributed by atoms with E-state index in [0.29, 0.717) is 0 Å². The van der Waals surface area contributed by atoms with E-state index in [2.05, 4.69) is 111 Å². The molecule has 0 radical (unpaired) electrons. The van der Waals surface area contributed by atoms with Crippen LogP contribution in [-0.2, 0) is 21.8 Å². The number of allylic oxidation sites excluding steroid dienone is 2. The maximum atomic E-state index is 2.39. The highest BCUT2D eigenvalue weighted by molar-refractivity contribution is 8.08. The van der Waals surface area contributed by atoms with Crippen molar-refractivity contribution in [3.8, 4) is 0 Å². The van der Waals surface area contributed by atoms with Gasteiger partial charge < -0.3 is 0 Å². The van der Waals surface area contributed by atoms with Gasteiger partial charge in [-0.1, -0.05) is 85.9 Å². The van der Waals surface area contributed by atoms with E-state index in [9.17, 15) is 0 Å². The summed E-state index contributed by atoms with van der Waals surface area (Å²) in [4.78, 5) is 15.1. The van der Waals surface area contributed by atoms with Crippen molar-refractivity contribution in [3.05, 3.63) is 107 Å². The largest absolute Gasteiger partial charge is 0.194 e. The minimum Gasteiger partial charge on any atom is -0.0795 e. The maximum Gasteiger partial charge on any atom is 0.194 e. The Morgan fingerprint density at radius 1 is 0.472 bits per heavy atom. The van der Waals surface area contributed by atoms with Crippen molar-refractivity contribution in [1.29, 1.82) is 0 Å². The molecular weight excluding hydrogens is 513 g/mol. The zero-order chi connectivity index (χ0) is 24.5. The summed E-state index contributed by atoms with van der Waals surface area (Å²) in [7, 11) is -0.120. The molecule has 0 nitrogen and oxygen atoms in total. The Hall–Kier alpha value is -1.98. The normalized spacial score (nSPS) is 15.4. The summed E-state index contributed by atoms with van der Waals surface area (Å²) in [5, 5.41) is 0. The molecular formula is C32H30S4+2. The van der Waals surface area contributed by atoms with E-state index >= 15 is 0 Å². The molecule has 0 saturated heterocycles. The SMILES string of the molecule is CCC/C(=C(/CCC)[S+]1c2ccccc2Sc2ccccc21)[S+]1c2ccccc2Sc2ccccc21. The summed E-state index contributed by atoms with van der Waals surface area (Å²) in [6, 6.07) is 36.6. The molecule has 0 amide bonds. The standard InChI is InChI=1S/C32H30S4/c1-3-13-31(35-27-19-9-5-15-23(27)33-24-16-6-10-20-28(24)35)32(14-4-2)36-29-21-11-7-17-25(29)34-26-18-8-12-22-30(26)36/h5-12,15-22H,3-4,13-14H2,1-2H3/q+2/b32-31+. The molecule has 180 valence electrons. The van der Waals surface area contributed by atoms with Gasteiger partial charge >= 0.3 is 0 Å². The highest BCUT2D eigenvalue weighted by Gasteiger charge is 2.47. The lowest BCUT2D eigenvalue weighted by Crippen LogP contribution is -2.20. The van der Waals surface area contributed by atoms with Crippen LogP contribution in [0.25, 0.3) is 0 Å². The van der Waals surface area contributed by atoms with Crippen LogP contribution in [0, 0.1) is 0 Å². The van der Waals surface area contributed by atoms with Crippen LogP contribution in [0.3, 0.4) is 0 Å². The Labute approximate surface area is 229 Å².